The number of benzene rings is 1. The lowest BCUT2D eigenvalue weighted by molar-refractivity contribution is 0.102. The molecule has 2 saturated heterocycles. The van der Waals surface area contributed by atoms with Crippen molar-refractivity contribution in [1.29, 1.82) is 0 Å². The third-order valence-corrected chi connectivity index (χ3v) is 2.66. The summed E-state index contributed by atoms with van der Waals surface area (Å²) >= 11 is 0. The molecule has 0 spiro atoms. The van der Waals surface area contributed by atoms with Crippen molar-refractivity contribution in [3.05, 3.63) is 35.9 Å². The van der Waals surface area contributed by atoms with E-state index in [1.54, 1.807) is 0 Å². The Kier molecular flexibility index (Phi) is 4.98. The van der Waals surface area contributed by atoms with Gasteiger partial charge in [-0.3, -0.25) is 0 Å². The predicted octanol–water partition coefficient (Wildman–Crippen LogP) is 2.05. The van der Waals surface area contributed by atoms with Gasteiger partial charge < -0.3 is 14.2 Å². The van der Waals surface area contributed by atoms with Crippen LogP contribution in [-0.4, -0.2) is 38.6 Å². The van der Waals surface area contributed by atoms with E-state index in [4.69, 9.17) is 14.2 Å². The standard InChI is InChI=1S/C8H10.C6H10O3/c1-2-8-6-4-3-5-7-8;1(5-3-8-5)7-2-6-4-9-6/h3-7H,2H2,1H3;5-6H,1-4H2. The maximum Gasteiger partial charge on any atom is 0.104 e. The van der Waals surface area contributed by atoms with E-state index >= 15 is 0 Å². The van der Waals surface area contributed by atoms with Gasteiger partial charge in [0.05, 0.1) is 26.4 Å². The van der Waals surface area contributed by atoms with Crippen molar-refractivity contribution in [3.8, 4) is 0 Å². The fourth-order valence-corrected chi connectivity index (χ4v) is 1.37. The Balaban J connectivity index is 0.000000128. The molecule has 17 heavy (non-hydrogen) atoms. The zero-order chi connectivity index (χ0) is 11.9. The van der Waals surface area contributed by atoms with E-state index in [0.717, 1.165) is 32.8 Å². The number of aryl methyl sites for hydroxylation is 1. The predicted molar refractivity (Wildman–Crippen MR) is 66.1 cm³/mol. The summed E-state index contributed by atoms with van der Waals surface area (Å²) in [7, 11) is 0. The molecule has 94 valence electrons. The highest BCUT2D eigenvalue weighted by Crippen LogP contribution is 2.12. The van der Waals surface area contributed by atoms with Crippen LogP contribution in [0.3, 0.4) is 0 Å². The average molecular weight is 236 g/mol. The summed E-state index contributed by atoms with van der Waals surface area (Å²) in [5.41, 5.74) is 1.41. The SMILES string of the molecule is C(OCC1CO1)C1CO1.CCc1ccccc1. The molecule has 2 aliphatic heterocycles. The molecule has 0 saturated carbocycles. The molecular formula is C14H20O3. The minimum absolute atomic E-state index is 0.392. The van der Waals surface area contributed by atoms with Gasteiger partial charge in [-0.15, -0.1) is 0 Å². The van der Waals surface area contributed by atoms with Crippen LogP contribution in [0.5, 0.6) is 0 Å². The highest BCUT2D eigenvalue weighted by Gasteiger charge is 2.26. The number of epoxide rings is 2. The first kappa shape index (κ1) is 12.6. The normalized spacial score (nSPS) is 24.8. The van der Waals surface area contributed by atoms with Crippen molar-refractivity contribution in [2.45, 2.75) is 25.6 Å². The highest BCUT2D eigenvalue weighted by molar-refractivity contribution is 5.13. The van der Waals surface area contributed by atoms with Gasteiger partial charge in [-0.05, 0) is 12.0 Å². The van der Waals surface area contributed by atoms with Gasteiger partial charge in [0, 0.05) is 0 Å². The summed E-state index contributed by atoms with van der Waals surface area (Å²) in [6.07, 6.45) is 1.92. The van der Waals surface area contributed by atoms with Crippen molar-refractivity contribution in [2.75, 3.05) is 26.4 Å². The molecule has 0 bridgehead atoms. The molecule has 1 aromatic rings. The van der Waals surface area contributed by atoms with E-state index in [1.807, 2.05) is 6.07 Å². The first-order valence-corrected chi connectivity index (χ1v) is 6.23. The number of hydrogen-bond donors (Lipinski definition) is 0. The first-order valence-electron chi connectivity index (χ1n) is 6.23. The van der Waals surface area contributed by atoms with Crippen LogP contribution in [0.15, 0.2) is 30.3 Å². The molecule has 3 heteroatoms. The summed E-state index contributed by atoms with van der Waals surface area (Å²) in [5, 5.41) is 0. The lowest BCUT2D eigenvalue weighted by atomic mass is 10.2. The molecule has 3 rings (SSSR count). The third kappa shape index (κ3) is 5.82. The third-order valence-electron chi connectivity index (χ3n) is 2.66. The Morgan fingerprint density at radius 1 is 1.06 bits per heavy atom. The lowest BCUT2D eigenvalue weighted by Gasteiger charge is -1.95. The van der Waals surface area contributed by atoms with Gasteiger partial charge in [-0.25, -0.2) is 0 Å². The van der Waals surface area contributed by atoms with Crippen LogP contribution in [0.1, 0.15) is 12.5 Å². The second kappa shape index (κ2) is 6.74. The molecule has 2 unspecified atom stereocenters. The second-order valence-electron chi connectivity index (χ2n) is 4.29. The van der Waals surface area contributed by atoms with Crippen molar-refractivity contribution in [1.82, 2.24) is 0 Å². The van der Waals surface area contributed by atoms with Crippen LogP contribution in [0, 0.1) is 0 Å². The van der Waals surface area contributed by atoms with E-state index in [1.165, 1.54) is 5.56 Å². The van der Waals surface area contributed by atoms with E-state index < -0.39 is 0 Å². The molecule has 0 amide bonds. The molecule has 0 aliphatic carbocycles. The van der Waals surface area contributed by atoms with Crippen molar-refractivity contribution in [3.63, 3.8) is 0 Å². The van der Waals surface area contributed by atoms with Crippen LogP contribution in [0.2, 0.25) is 0 Å². The largest absolute Gasteiger partial charge is 0.376 e. The molecule has 2 fully saturated rings. The highest BCUT2D eigenvalue weighted by atomic mass is 16.6. The summed E-state index contributed by atoms with van der Waals surface area (Å²) in [4.78, 5) is 0. The molecule has 2 atom stereocenters. The zero-order valence-electron chi connectivity index (χ0n) is 10.3. The quantitative estimate of drug-likeness (QED) is 0.734. The van der Waals surface area contributed by atoms with Gasteiger partial charge in [0.25, 0.3) is 0 Å². The molecule has 2 aliphatic rings. The number of hydrogen-bond acceptors (Lipinski definition) is 3. The molecule has 2 heterocycles. The van der Waals surface area contributed by atoms with Crippen LogP contribution >= 0.6 is 0 Å². The Bertz CT molecular complexity index is 293. The Hall–Kier alpha value is -0.900. The zero-order valence-corrected chi connectivity index (χ0v) is 10.3. The van der Waals surface area contributed by atoms with Crippen LogP contribution < -0.4 is 0 Å². The van der Waals surface area contributed by atoms with Gasteiger partial charge in [0.15, 0.2) is 0 Å². The first-order chi connectivity index (χ1) is 8.38. The topological polar surface area (TPSA) is 34.3 Å². The average Bonchev–Trinajstić information content (AvgIpc) is 3.25. The Morgan fingerprint density at radius 2 is 1.59 bits per heavy atom. The second-order valence-corrected chi connectivity index (χ2v) is 4.29. The smallest absolute Gasteiger partial charge is 0.104 e. The fraction of sp³-hybridized carbons (Fsp3) is 0.571. The van der Waals surface area contributed by atoms with Gasteiger partial charge in [0.1, 0.15) is 12.2 Å². The van der Waals surface area contributed by atoms with Gasteiger partial charge in [0.2, 0.25) is 0 Å². The molecule has 0 radical (unpaired) electrons. The van der Waals surface area contributed by atoms with Crippen LogP contribution in [0.4, 0.5) is 0 Å². The molecule has 3 nitrogen and oxygen atoms in total. The summed E-state index contributed by atoms with van der Waals surface area (Å²) in [6, 6.07) is 10.5. The fourth-order valence-electron chi connectivity index (χ4n) is 1.37. The Labute approximate surface area is 103 Å². The van der Waals surface area contributed by atoms with Gasteiger partial charge >= 0.3 is 0 Å². The van der Waals surface area contributed by atoms with Crippen LogP contribution in [0.25, 0.3) is 0 Å². The number of rotatable bonds is 5. The lowest BCUT2D eigenvalue weighted by Crippen LogP contribution is -2.06. The molecule has 0 aromatic heterocycles. The summed E-state index contributed by atoms with van der Waals surface area (Å²) in [6.45, 7) is 5.42. The summed E-state index contributed by atoms with van der Waals surface area (Å²) < 4.78 is 15.1. The Morgan fingerprint density at radius 3 is 1.94 bits per heavy atom. The summed E-state index contributed by atoms with van der Waals surface area (Å²) in [5.74, 6) is 0. The van der Waals surface area contributed by atoms with E-state index in [0.29, 0.717) is 12.2 Å². The molecular weight excluding hydrogens is 216 g/mol. The minimum atomic E-state index is 0.392. The van der Waals surface area contributed by atoms with E-state index in [9.17, 15) is 0 Å². The van der Waals surface area contributed by atoms with Crippen LogP contribution in [-0.2, 0) is 20.6 Å². The van der Waals surface area contributed by atoms with E-state index in [-0.39, 0.29) is 0 Å². The van der Waals surface area contributed by atoms with Crippen molar-refractivity contribution < 1.29 is 14.2 Å². The number of ether oxygens (including phenoxy) is 3. The maximum absolute atomic E-state index is 5.23. The van der Waals surface area contributed by atoms with E-state index in [2.05, 4.69) is 31.2 Å². The van der Waals surface area contributed by atoms with Crippen molar-refractivity contribution >= 4 is 0 Å². The monoisotopic (exact) mass is 236 g/mol. The van der Waals surface area contributed by atoms with Gasteiger partial charge in [-0.2, -0.15) is 0 Å². The van der Waals surface area contributed by atoms with Gasteiger partial charge in [-0.1, -0.05) is 37.3 Å². The molecule has 0 N–H and O–H groups in total. The maximum atomic E-state index is 5.23. The molecule has 1 aromatic carbocycles. The minimum Gasteiger partial charge on any atom is -0.376 e. The van der Waals surface area contributed by atoms with Crippen molar-refractivity contribution in [2.24, 2.45) is 0 Å².